The summed E-state index contributed by atoms with van der Waals surface area (Å²) in [5, 5.41) is 7.90. The second-order valence-corrected chi connectivity index (χ2v) is 7.04. The zero-order chi connectivity index (χ0) is 18.8. The van der Waals surface area contributed by atoms with Gasteiger partial charge in [0, 0.05) is 11.3 Å². The molecule has 0 saturated heterocycles. The van der Waals surface area contributed by atoms with Gasteiger partial charge in [0.15, 0.2) is 11.5 Å². The standard InChI is InChI=1S/C17H20N2O5S/c1-10-7-13(25(18,21)22)9-14(11(10)2)19-17(20)12-5-6-15(23-3)16(8-12)24-4/h5-9H,1-4H3,(H,19,20)(H2,18,21,22). The lowest BCUT2D eigenvalue weighted by Gasteiger charge is -2.14. The highest BCUT2D eigenvalue weighted by atomic mass is 32.2. The molecule has 0 aliphatic heterocycles. The SMILES string of the molecule is COc1ccc(C(=O)Nc2cc(S(N)(=O)=O)cc(C)c2C)cc1OC. The van der Waals surface area contributed by atoms with Gasteiger partial charge in [0.1, 0.15) is 0 Å². The van der Waals surface area contributed by atoms with E-state index in [9.17, 15) is 13.2 Å². The average Bonchev–Trinajstić information content (AvgIpc) is 2.56. The largest absolute Gasteiger partial charge is 0.493 e. The van der Waals surface area contributed by atoms with Crippen LogP contribution in [0.2, 0.25) is 0 Å². The summed E-state index contributed by atoms with van der Waals surface area (Å²) >= 11 is 0. The number of rotatable bonds is 5. The molecular weight excluding hydrogens is 344 g/mol. The second kappa shape index (κ2) is 7.12. The van der Waals surface area contributed by atoms with Gasteiger partial charge in [-0.1, -0.05) is 0 Å². The first-order valence-electron chi connectivity index (χ1n) is 7.34. The zero-order valence-electron chi connectivity index (χ0n) is 14.4. The molecule has 0 fully saturated rings. The minimum atomic E-state index is -3.87. The van der Waals surface area contributed by atoms with E-state index in [0.717, 1.165) is 5.56 Å². The fourth-order valence-corrected chi connectivity index (χ4v) is 2.92. The number of amides is 1. The Labute approximate surface area is 146 Å². The Hall–Kier alpha value is -2.58. The van der Waals surface area contributed by atoms with Crippen LogP contribution >= 0.6 is 0 Å². The van der Waals surface area contributed by atoms with Gasteiger partial charge in [-0.15, -0.1) is 0 Å². The van der Waals surface area contributed by atoms with Gasteiger partial charge in [-0.2, -0.15) is 0 Å². The number of nitrogens with two attached hydrogens (primary N) is 1. The molecule has 2 aromatic rings. The Kier molecular flexibility index (Phi) is 5.34. The van der Waals surface area contributed by atoms with Crippen molar-refractivity contribution in [3.8, 4) is 11.5 Å². The molecule has 0 aromatic heterocycles. The number of ether oxygens (including phenoxy) is 2. The van der Waals surface area contributed by atoms with E-state index in [2.05, 4.69) is 5.32 Å². The average molecular weight is 364 g/mol. The van der Waals surface area contributed by atoms with Crippen molar-refractivity contribution >= 4 is 21.6 Å². The molecule has 0 atom stereocenters. The van der Waals surface area contributed by atoms with Crippen LogP contribution in [0.25, 0.3) is 0 Å². The number of carbonyl (C=O) groups is 1. The van der Waals surface area contributed by atoms with Crippen LogP contribution in [-0.2, 0) is 10.0 Å². The maximum absolute atomic E-state index is 12.5. The highest BCUT2D eigenvalue weighted by Crippen LogP contribution is 2.29. The smallest absolute Gasteiger partial charge is 0.255 e. The molecule has 0 bridgehead atoms. The van der Waals surface area contributed by atoms with Crippen LogP contribution in [0.15, 0.2) is 35.2 Å². The van der Waals surface area contributed by atoms with E-state index in [1.54, 1.807) is 32.0 Å². The van der Waals surface area contributed by atoms with Crippen LogP contribution in [0.4, 0.5) is 5.69 Å². The number of hydrogen-bond donors (Lipinski definition) is 2. The monoisotopic (exact) mass is 364 g/mol. The third-order valence-corrected chi connectivity index (χ3v) is 4.76. The fourth-order valence-electron chi connectivity index (χ4n) is 2.29. The van der Waals surface area contributed by atoms with E-state index in [1.807, 2.05) is 0 Å². The van der Waals surface area contributed by atoms with Gasteiger partial charge in [0.2, 0.25) is 10.0 Å². The molecule has 0 aliphatic rings. The highest BCUT2D eigenvalue weighted by Gasteiger charge is 2.16. The molecule has 8 heteroatoms. The number of hydrogen-bond acceptors (Lipinski definition) is 5. The molecule has 3 N–H and O–H groups in total. The molecule has 0 aliphatic carbocycles. The lowest BCUT2D eigenvalue weighted by Crippen LogP contribution is -2.16. The number of sulfonamides is 1. The summed E-state index contributed by atoms with van der Waals surface area (Å²) in [5.41, 5.74) is 2.18. The van der Waals surface area contributed by atoms with Crippen LogP contribution in [0.5, 0.6) is 11.5 Å². The molecule has 0 heterocycles. The summed E-state index contributed by atoms with van der Waals surface area (Å²) < 4.78 is 33.5. The number of nitrogens with one attached hydrogen (secondary N) is 1. The van der Waals surface area contributed by atoms with Crippen LogP contribution < -0.4 is 19.9 Å². The molecule has 2 rings (SSSR count). The van der Waals surface area contributed by atoms with Gasteiger partial charge in [-0.25, -0.2) is 13.6 Å². The lowest BCUT2D eigenvalue weighted by atomic mass is 10.1. The number of carbonyl (C=O) groups excluding carboxylic acids is 1. The summed E-state index contributed by atoms with van der Waals surface area (Å²) in [4.78, 5) is 12.5. The molecule has 0 saturated carbocycles. The summed E-state index contributed by atoms with van der Waals surface area (Å²) in [6.45, 7) is 3.53. The van der Waals surface area contributed by atoms with Gasteiger partial charge in [0.25, 0.3) is 5.91 Å². The summed E-state index contributed by atoms with van der Waals surface area (Å²) in [6.07, 6.45) is 0. The van der Waals surface area contributed by atoms with Crippen molar-refractivity contribution in [3.63, 3.8) is 0 Å². The first kappa shape index (κ1) is 18.8. The normalized spacial score (nSPS) is 11.1. The van der Waals surface area contributed by atoms with E-state index in [0.29, 0.717) is 28.3 Å². The number of anilines is 1. The Bertz CT molecular complexity index is 923. The second-order valence-electron chi connectivity index (χ2n) is 5.48. The predicted molar refractivity (Wildman–Crippen MR) is 94.8 cm³/mol. The summed E-state index contributed by atoms with van der Waals surface area (Å²) in [5.74, 6) is 0.513. The third-order valence-electron chi connectivity index (χ3n) is 3.86. The van der Waals surface area contributed by atoms with Gasteiger partial charge >= 0.3 is 0 Å². The number of methoxy groups -OCH3 is 2. The molecule has 0 radical (unpaired) electrons. The quantitative estimate of drug-likeness (QED) is 0.846. The summed E-state index contributed by atoms with van der Waals surface area (Å²) in [7, 11) is -0.895. The van der Waals surface area contributed by atoms with Gasteiger partial charge < -0.3 is 14.8 Å². The minimum Gasteiger partial charge on any atom is -0.493 e. The highest BCUT2D eigenvalue weighted by molar-refractivity contribution is 7.89. The van der Waals surface area contributed by atoms with E-state index >= 15 is 0 Å². The molecule has 2 aromatic carbocycles. The Balaban J connectivity index is 2.40. The Morgan fingerprint density at radius 1 is 1.04 bits per heavy atom. The first-order chi connectivity index (χ1) is 11.7. The van der Waals surface area contributed by atoms with Gasteiger partial charge in [-0.05, 0) is 55.3 Å². The maximum Gasteiger partial charge on any atom is 0.255 e. The van der Waals surface area contributed by atoms with Crippen molar-refractivity contribution in [3.05, 3.63) is 47.0 Å². The fraction of sp³-hybridized carbons (Fsp3) is 0.235. The molecule has 134 valence electrons. The van der Waals surface area contributed by atoms with Gasteiger partial charge in [0.05, 0.1) is 19.1 Å². The number of benzene rings is 2. The molecule has 7 nitrogen and oxygen atoms in total. The topological polar surface area (TPSA) is 108 Å². The van der Waals surface area contributed by atoms with Crippen molar-refractivity contribution in [1.29, 1.82) is 0 Å². The third kappa shape index (κ3) is 4.09. The Morgan fingerprint density at radius 3 is 2.24 bits per heavy atom. The molecule has 1 amide bonds. The van der Waals surface area contributed by atoms with Crippen LogP contribution in [0, 0.1) is 13.8 Å². The Morgan fingerprint density at radius 2 is 1.68 bits per heavy atom. The zero-order valence-corrected chi connectivity index (χ0v) is 15.2. The number of primary sulfonamides is 1. The molecular formula is C17H20N2O5S. The van der Waals surface area contributed by atoms with Gasteiger partial charge in [-0.3, -0.25) is 4.79 Å². The number of aryl methyl sites for hydroxylation is 1. The van der Waals surface area contributed by atoms with Crippen molar-refractivity contribution in [2.45, 2.75) is 18.7 Å². The molecule has 0 unspecified atom stereocenters. The minimum absolute atomic E-state index is 0.0572. The first-order valence-corrected chi connectivity index (χ1v) is 8.89. The molecule has 25 heavy (non-hydrogen) atoms. The van der Waals surface area contributed by atoms with E-state index < -0.39 is 15.9 Å². The molecule has 0 spiro atoms. The van der Waals surface area contributed by atoms with Crippen molar-refractivity contribution < 1.29 is 22.7 Å². The predicted octanol–water partition coefficient (Wildman–Crippen LogP) is 2.22. The van der Waals surface area contributed by atoms with E-state index in [1.165, 1.54) is 26.4 Å². The van der Waals surface area contributed by atoms with Crippen molar-refractivity contribution in [2.24, 2.45) is 5.14 Å². The lowest BCUT2D eigenvalue weighted by molar-refractivity contribution is 0.102. The van der Waals surface area contributed by atoms with Crippen LogP contribution in [0.1, 0.15) is 21.5 Å². The van der Waals surface area contributed by atoms with E-state index in [4.69, 9.17) is 14.6 Å². The van der Waals surface area contributed by atoms with Crippen LogP contribution in [0.3, 0.4) is 0 Å². The summed E-state index contributed by atoms with van der Waals surface area (Å²) in [6, 6.07) is 7.56. The van der Waals surface area contributed by atoms with Crippen molar-refractivity contribution in [1.82, 2.24) is 0 Å². The van der Waals surface area contributed by atoms with Crippen molar-refractivity contribution in [2.75, 3.05) is 19.5 Å². The van der Waals surface area contributed by atoms with Crippen LogP contribution in [-0.4, -0.2) is 28.5 Å². The maximum atomic E-state index is 12.5. The van der Waals surface area contributed by atoms with E-state index in [-0.39, 0.29) is 4.90 Å².